The van der Waals surface area contributed by atoms with Crippen LogP contribution in [-0.2, 0) is 11.2 Å². The maximum absolute atomic E-state index is 13.0. The van der Waals surface area contributed by atoms with Crippen molar-refractivity contribution in [1.29, 1.82) is 0 Å². The predicted molar refractivity (Wildman–Crippen MR) is 83.0 cm³/mol. The van der Waals surface area contributed by atoms with Crippen molar-refractivity contribution < 1.29 is 27.9 Å². The lowest BCUT2D eigenvalue weighted by Crippen LogP contribution is -2.26. The van der Waals surface area contributed by atoms with E-state index in [1.165, 1.54) is 31.2 Å². The second-order valence-corrected chi connectivity index (χ2v) is 5.60. The van der Waals surface area contributed by atoms with E-state index >= 15 is 0 Å². The molecule has 1 amide bonds. The summed E-state index contributed by atoms with van der Waals surface area (Å²) < 4.78 is 39.7. The molecule has 1 aromatic carbocycles. The number of benzene rings is 1. The van der Waals surface area contributed by atoms with Gasteiger partial charge in [-0.05, 0) is 19.4 Å². The number of nitrogens with two attached hydrogens (primary N) is 1. The molecule has 0 saturated carbocycles. The number of aromatic nitrogens is 2. The highest BCUT2D eigenvalue weighted by molar-refractivity contribution is 6.00. The van der Waals surface area contributed by atoms with Crippen molar-refractivity contribution in [2.45, 2.75) is 32.5 Å². The Kier molecular flexibility index (Phi) is 4.87. The molecule has 0 spiro atoms. The Balaban J connectivity index is 2.53. The minimum absolute atomic E-state index is 0.0157. The Bertz CT molecular complexity index is 811. The van der Waals surface area contributed by atoms with Crippen LogP contribution in [0, 0.1) is 6.92 Å². The largest absolute Gasteiger partial charge is 0.481 e. The number of halogens is 3. The SMILES string of the molecule is Cc1c(C(N)=O)c(-c2ccc(CC(=O)O)cc2)nn1C(C)C(F)(F)F. The van der Waals surface area contributed by atoms with E-state index in [1.807, 2.05) is 0 Å². The van der Waals surface area contributed by atoms with Gasteiger partial charge in [0.15, 0.2) is 0 Å². The molecule has 9 heteroatoms. The zero-order valence-electron chi connectivity index (χ0n) is 13.5. The third-order valence-corrected chi connectivity index (χ3v) is 3.82. The van der Waals surface area contributed by atoms with Gasteiger partial charge < -0.3 is 10.8 Å². The highest BCUT2D eigenvalue weighted by atomic mass is 19.4. The molecule has 0 aliphatic heterocycles. The van der Waals surface area contributed by atoms with Gasteiger partial charge in [0.2, 0.25) is 0 Å². The molecule has 6 nitrogen and oxygen atoms in total. The lowest BCUT2D eigenvalue weighted by atomic mass is 10.0. The first-order valence-electron chi connectivity index (χ1n) is 7.29. The number of carbonyl (C=O) groups is 2. The first-order valence-corrected chi connectivity index (χ1v) is 7.29. The van der Waals surface area contributed by atoms with Crippen LogP contribution in [0.3, 0.4) is 0 Å². The number of aliphatic carboxylic acids is 1. The number of carboxylic acids is 1. The zero-order valence-corrected chi connectivity index (χ0v) is 13.5. The number of carbonyl (C=O) groups excluding carboxylic acids is 1. The van der Waals surface area contributed by atoms with Crippen LogP contribution in [0.25, 0.3) is 11.3 Å². The zero-order chi connectivity index (χ0) is 18.9. The summed E-state index contributed by atoms with van der Waals surface area (Å²) in [6.07, 6.45) is -4.73. The topological polar surface area (TPSA) is 98.2 Å². The molecule has 1 heterocycles. The summed E-state index contributed by atoms with van der Waals surface area (Å²) in [5.74, 6) is -1.90. The van der Waals surface area contributed by atoms with Crippen molar-refractivity contribution in [3.63, 3.8) is 0 Å². The lowest BCUT2D eigenvalue weighted by Gasteiger charge is -2.17. The maximum Gasteiger partial charge on any atom is 0.410 e. The molecule has 25 heavy (non-hydrogen) atoms. The van der Waals surface area contributed by atoms with Gasteiger partial charge in [0, 0.05) is 11.3 Å². The van der Waals surface area contributed by atoms with Crippen molar-refractivity contribution in [2.24, 2.45) is 5.73 Å². The number of alkyl halides is 3. The Morgan fingerprint density at radius 1 is 1.28 bits per heavy atom. The maximum atomic E-state index is 13.0. The molecule has 0 saturated heterocycles. The van der Waals surface area contributed by atoms with Gasteiger partial charge in [0.05, 0.1) is 12.0 Å². The van der Waals surface area contributed by atoms with Crippen LogP contribution in [0.2, 0.25) is 0 Å². The second kappa shape index (κ2) is 6.58. The van der Waals surface area contributed by atoms with Crippen molar-refractivity contribution >= 4 is 11.9 Å². The normalized spacial score (nSPS) is 12.8. The van der Waals surface area contributed by atoms with E-state index in [4.69, 9.17) is 10.8 Å². The second-order valence-electron chi connectivity index (χ2n) is 5.60. The van der Waals surface area contributed by atoms with Crippen LogP contribution in [0.1, 0.15) is 34.6 Å². The van der Waals surface area contributed by atoms with Crippen LogP contribution in [0.15, 0.2) is 24.3 Å². The fourth-order valence-corrected chi connectivity index (χ4v) is 2.49. The average molecular weight is 355 g/mol. The smallest absolute Gasteiger partial charge is 0.410 e. The first-order chi connectivity index (χ1) is 11.5. The quantitative estimate of drug-likeness (QED) is 0.861. The standard InChI is InChI=1S/C16H16F3N3O3/c1-8-13(15(20)25)14(21-22(8)9(2)16(17,18)19)11-5-3-10(4-6-11)7-12(23)24/h3-6,9H,7H2,1-2H3,(H2,20,25)(H,23,24). The summed E-state index contributed by atoms with van der Waals surface area (Å²) in [5, 5.41) is 12.7. The first kappa shape index (κ1) is 18.5. The van der Waals surface area contributed by atoms with E-state index in [0.717, 1.165) is 11.6 Å². The third-order valence-electron chi connectivity index (χ3n) is 3.82. The van der Waals surface area contributed by atoms with Gasteiger partial charge in [0.25, 0.3) is 5.91 Å². The number of rotatable bonds is 5. The molecule has 3 N–H and O–H groups in total. The summed E-state index contributed by atoms with van der Waals surface area (Å²) >= 11 is 0. The van der Waals surface area contributed by atoms with E-state index in [-0.39, 0.29) is 23.4 Å². The van der Waals surface area contributed by atoms with E-state index in [9.17, 15) is 22.8 Å². The molecule has 0 fully saturated rings. The van der Waals surface area contributed by atoms with Crippen LogP contribution in [-0.4, -0.2) is 32.9 Å². The van der Waals surface area contributed by atoms with Crippen molar-refractivity contribution in [2.75, 3.05) is 0 Å². The Morgan fingerprint density at radius 2 is 1.84 bits per heavy atom. The van der Waals surface area contributed by atoms with Gasteiger partial charge >= 0.3 is 12.1 Å². The van der Waals surface area contributed by atoms with Gasteiger partial charge in [-0.25, -0.2) is 0 Å². The fourth-order valence-electron chi connectivity index (χ4n) is 2.49. The van der Waals surface area contributed by atoms with Crippen LogP contribution < -0.4 is 5.73 Å². The number of amides is 1. The predicted octanol–water partition coefficient (Wildman–Crippen LogP) is 2.71. The van der Waals surface area contributed by atoms with Crippen molar-refractivity contribution in [1.82, 2.24) is 9.78 Å². The molecule has 134 valence electrons. The molecule has 1 atom stereocenters. The lowest BCUT2D eigenvalue weighted by molar-refractivity contribution is -0.165. The van der Waals surface area contributed by atoms with E-state index in [1.54, 1.807) is 0 Å². The molecule has 0 aliphatic carbocycles. The molecular formula is C16H16F3N3O3. The minimum atomic E-state index is -4.53. The van der Waals surface area contributed by atoms with Gasteiger partial charge in [-0.1, -0.05) is 24.3 Å². The van der Waals surface area contributed by atoms with Gasteiger partial charge in [-0.15, -0.1) is 0 Å². The number of hydrogen-bond donors (Lipinski definition) is 2. The fraction of sp³-hybridized carbons (Fsp3) is 0.312. The van der Waals surface area contributed by atoms with Crippen LogP contribution in [0.5, 0.6) is 0 Å². The van der Waals surface area contributed by atoms with Crippen molar-refractivity contribution in [3.05, 3.63) is 41.1 Å². The highest BCUT2D eigenvalue weighted by Crippen LogP contribution is 2.34. The third kappa shape index (κ3) is 3.81. The van der Waals surface area contributed by atoms with Crippen LogP contribution >= 0.6 is 0 Å². The summed E-state index contributed by atoms with van der Waals surface area (Å²) in [4.78, 5) is 22.4. The minimum Gasteiger partial charge on any atom is -0.481 e. The Labute approximate surface area is 141 Å². The van der Waals surface area contributed by atoms with E-state index in [0.29, 0.717) is 11.1 Å². The van der Waals surface area contributed by atoms with Crippen LogP contribution in [0.4, 0.5) is 13.2 Å². The number of primary amides is 1. The summed E-state index contributed by atoms with van der Waals surface area (Å²) in [6.45, 7) is 2.28. The Hall–Kier alpha value is -2.84. The average Bonchev–Trinajstić information content (AvgIpc) is 2.83. The molecule has 0 aliphatic rings. The molecule has 2 aromatic rings. The monoisotopic (exact) mass is 355 g/mol. The number of hydrogen-bond acceptors (Lipinski definition) is 3. The molecule has 1 unspecified atom stereocenters. The highest BCUT2D eigenvalue weighted by Gasteiger charge is 2.40. The molecule has 0 bridgehead atoms. The van der Waals surface area contributed by atoms with Gasteiger partial charge in [-0.3, -0.25) is 14.3 Å². The summed E-state index contributed by atoms with van der Waals surface area (Å²) in [7, 11) is 0. The molecule has 2 rings (SSSR count). The van der Waals surface area contributed by atoms with Crippen molar-refractivity contribution in [3.8, 4) is 11.3 Å². The summed E-state index contributed by atoms with van der Waals surface area (Å²) in [6, 6.07) is 4.08. The molecule has 0 radical (unpaired) electrons. The van der Waals surface area contributed by atoms with Gasteiger partial charge in [-0.2, -0.15) is 18.3 Å². The van der Waals surface area contributed by atoms with Gasteiger partial charge in [0.1, 0.15) is 11.7 Å². The van der Waals surface area contributed by atoms with E-state index < -0.39 is 24.1 Å². The number of carboxylic acid groups (broad SMARTS) is 1. The summed E-state index contributed by atoms with van der Waals surface area (Å²) in [5.41, 5.74) is 6.16. The number of nitrogens with zero attached hydrogens (tertiary/aromatic N) is 2. The van der Waals surface area contributed by atoms with E-state index in [2.05, 4.69) is 5.10 Å². The molecular weight excluding hydrogens is 339 g/mol. The Morgan fingerprint density at radius 3 is 2.28 bits per heavy atom. The molecule has 1 aromatic heterocycles.